The standard InChI is InChI=1S/C36H31N3O4/c1-3-43-36(42)33(38-31-17-9-7-15-29(31)34(40)28-13-5-4-6-14-28)24-27-21-19-26(20-22-27)12-11-23-39-25(2)37-32-18-10-8-16-30(32)35(39)41/h4-10,13-22,33,38H,3,23-24H2,1-2H3/t33-/m0/s1. The molecule has 0 amide bonds. The van der Waals surface area contributed by atoms with Gasteiger partial charge in [0.15, 0.2) is 5.78 Å². The van der Waals surface area contributed by atoms with Crippen LogP contribution in [0.25, 0.3) is 10.9 Å². The fourth-order valence-electron chi connectivity index (χ4n) is 4.82. The summed E-state index contributed by atoms with van der Waals surface area (Å²) in [5.41, 5.74) is 3.84. The molecule has 0 saturated heterocycles. The molecule has 0 unspecified atom stereocenters. The molecule has 0 aliphatic carbocycles. The van der Waals surface area contributed by atoms with Crippen molar-refractivity contribution in [3.05, 3.63) is 142 Å². The number of carbonyl (C=O) groups excluding carboxylic acids is 2. The average Bonchev–Trinajstić information content (AvgIpc) is 3.03. The number of para-hydroxylation sites is 2. The molecule has 7 heteroatoms. The van der Waals surface area contributed by atoms with Gasteiger partial charge in [0.1, 0.15) is 11.9 Å². The number of hydrogen-bond donors (Lipinski definition) is 1. The number of aryl methyl sites for hydroxylation is 1. The third-order valence-corrected chi connectivity index (χ3v) is 7.02. The highest BCUT2D eigenvalue weighted by Crippen LogP contribution is 2.22. The second-order valence-electron chi connectivity index (χ2n) is 9.96. The van der Waals surface area contributed by atoms with Crippen molar-refractivity contribution >= 4 is 28.3 Å². The van der Waals surface area contributed by atoms with Crippen molar-refractivity contribution in [1.82, 2.24) is 9.55 Å². The zero-order valence-corrected chi connectivity index (χ0v) is 24.0. The van der Waals surface area contributed by atoms with Gasteiger partial charge in [-0.3, -0.25) is 14.2 Å². The van der Waals surface area contributed by atoms with E-state index in [2.05, 4.69) is 22.1 Å². The van der Waals surface area contributed by atoms with E-state index in [0.29, 0.717) is 40.0 Å². The van der Waals surface area contributed by atoms with Gasteiger partial charge >= 0.3 is 5.97 Å². The molecule has 0 spiro atoms. The van der Waals surface area contributed by atoms with Crippen molar-refractivity contribution in [2.45, 2.75) is 32.9 Å². The van der Waals surface area contributed by atoms with Crippen molar-refractivity contribution in [3.8, 4) is 11.8 Å². The second-order valence-corrected chi connectivity index (χ2v) is 9.96. The Bertz CT molecular complexity index is 1880. The zero-order valence-electron chi connectivity index (χ0n) is 24.0. The summed E-state index contributed by atoms with van der Waals surface area (Å²) in [6, 6.07) is 30.3. The summed E-state index contributed by atoms with van der Waals surface area (Å²) < 4.78 is 6.93. The maximum Gasteiger partial charge on any atom is 0.328 e. The first-order valence-corrected chi connectivity index (χ1v) is 14.1. The molecular weight excluding hydrogens is 538 g/mol. The second kappa shape index (κ2) is 13.5. The monoisotopic (exact) mass is 569 g/mol. The minimum Gasteiger partial charge on any atom is -0.464 e. The first-order chi connectivity index (χ1) is 20.9. The van der Waals surface area contributed by atoms with E-state index in [1.165, 1.54) is 0 Å². The van der Waals surface area contributed by atoms with Crippen LogP contribution in [0.3, 0.4) is 0 Å². The van der Waals surface area contributed by atoms with Crippen LogP contribution in [-0.4, -0.2) is 34.0 Å². The van der Waals surface area contributed by atoms with E-state index >= 15 is 0 Å². The summed E-state index contributed by atoms with van der Waals surface area (Å²) in [7, 11) is 0. The maximum absolute atomic E-state index is 13.2. The number of fused-ring (bicyclic) bond motifs is 1. The van der Waals surface area contributed by atoms with Crippen LogP contribution in [0.1, 0.15) is 39.8 Å². The molecule has 1 N–H and O–H groups in total. The van der Waals surface area contributed by atoms with E-state index in [9.17, 15) is 14.4 Å². The third kappa shape index (κ3) is 6.88. The summed E-state index contributed by atoms with van der Waals surface area (Å²) in [6.07, 6.45) is 0.345. The third-order valence-electron chi connectivity index (χ3n) is 7.02. The number of hydrogen-bond acceptors (Lipinski definition) is 6. The van der Waals surface area contributed by atoms with E-state index in [0.717, 1.165) is 11.1 Å². The minimum atomic E-state index is -0.711. The number of anilines is 1. The zero-order chi connectivity index (χ0) is 30.2. The Balaban J connectivity index is 1.32. The van der Waals surface area contributed by atoms with Crippen molar-refractivity contribution in [1.29, 1.82) is 0 Å². The van der Waals surface area contributed by atoms with Gasteiger partial charge in [0.2, 0.25) is 0 Å². The molecular formula is C36H31N3O4. The molecule has 0 aliphatic rings. The van der Waals surface area contributed by atoms with E-state index < -0.39 is 12.0 Å². The number of nitrogens with zero attached hydrogens (tertiary/aromatic N) is 2. The lowest BCUT2D eigenvalue weighted by atomic mass is 10.00. The Labute approximate surface area is 250 Å². The molecule has 0 saturated carbocycles. The maximum atomic E-state index is 13.2. The predicted molar refractivity (Wildman–Crippen MR) is 168 cm³/mol. The van der Waals surface area contributed by atoms with Crippen LogP contribution in [0, 0.1) is 18.8 Å². The SMILES string of the molecule is CCOC(=O)[C@H](Cc1ccc(C#CCn2c(C)nc3ccccc3c2=O)cc1)Nc1ccccc1C(=O)c1ccccc1. The van der Waals surface area contributed by atoms with Gasteiger partial charge < -0.3 is 10.1 Å². The van der Waals surface area contributed by atoms with Gasteiger partial charge in [-0.25, -0.2) is 9.78 Å². The lowest BCUT2D eigenvalue weighted by Crippen LogP contribution is -2.34. The molecule has 1 heterocycles. The molecule has 4 aromatic carbocycles. The molecule has 43 heavy (non-hydrogen) atoms. The van der Waals surface area contributed by atoms with Gasteiger partial charge in [-0.1, -0.05) is 78.6 Å². The van der Waals surface area contributed by atoms with Crippen LogP contribution >= 0.6 is 0 Å². The fourth-order valence-corrected chi connectivity index (χ4v) is 4.82. The van der Waals surface area contributed by atoms with E-state index in [4.69, 9.17) is 4.74 Å². The largest absolute Gasteiger partial charge is 0.464 e. The van der Waals surface area contributed by atoms with Crippen molar-refractivity contribution in [2.24, 2.45) is 0 Å². The van der Waals surface area contributed by atoms with Crippen molar-refractivity contribution in [2.75, 3.05) is 11.9 Å². The summed E-state index contributed by atoms with van der Waals surface area (Å²) >= 11 is 0. The number of aromatic nitrogens is 2. The highest BCUT2D eigenvalue weighted by molar-refractivity contribution is 6.12. The van der Waals surface area contributed by atoms with Gasteiger partial charge in [0.25, 0.3) is 5.56 Å². The smallest absolute Gasteiger partial charge is 0.328 e. The molecule has 5 rings (SSSR count). The first-order valence-electron chi connectivity index (χ1n) is 14.1. The molecule has 1 atom stereocenters. The van der Waals surface area contributed by atoms with E-state index in [1.54, 1.807) is 54.8 Å². The van der Waals surface area contributed by atoms with Crippen LogP contribution in [-0.2, 0) is 22.5 Å². The summed E-state index contributed by atoms with van der Waals surface area (Å²) in [6.45, 7) is 4.03. The van der Waals surface area contributed by atoms with Crippen molar-refractivity contribution in [3.63, 3.8) is 0 Å². The number of benzene rings is 4. The Hall–Kier alpha value is -5.48. The van der Waals surface area contributed by atoms with Gasteiger partial charge in [-0.15, -0.1) is 0 Å². The molecule has 0 aliphatic heterocycles. The normalized spacial score (nSPS) is 11.3. The van der Waals surface area contributed by atoms with Crippen LogP contribution in [0.15, 0.2) is 108 Å². The van der Waals surface area contributed by atoms with Gasteiger partial charge in [-0.05, 0) is 55.8 Å². The van der Waals surface area contributed by atoms with E-state index in [1.807, 2.05) is 66.7 Å². The Morgan fingerprint density at radius 1 is 0.907 bits per heavy atom. The van der Waals surface area contributed by atoms with Gasteiger partial charge in [-0.2, -0.15) is 0 Å². The molecule has 0 fully saturated rings. The molecule has 0 radical (unpaired) electrons. The number of esters is 1. The van der Waals surface area contributed by atoms with Crippen molar-refractivity contribution < 1.29 is 14.3 Å². The molecule has 214 valence electrons. The Morgan fingerprint density at radius 3 is 2.37 bits per heavy atom. The quantitative estimate of drug-likeness (QED) is 0.142. The van der Waals surface area contributed by atoms with Crippen LogP contribution in [0.4, 0.5) is 5.69 Å². The predicted octanol–water partition coefficient (Wildman–Crippen LogP) is 5.57. The average molecular weight is 570 g/mol. The number of nitrogens with one attached hydrogen (secondary N) is 1. The number of ether oxygens (including phenoxy) is 1. The fraction of sp³-hybridized carbons (Fsp3) is 0.167. The van der Waals surface area contributed by atoms with Crippen LogP contribution < -0.4 is 10.9 Å². The highest BCUT2D eigenvalue weighted by Gasteiger charge is 2.23. The highest BCUT2D eigenvalue weighted by atomic mass is 16.5. The van der Waals surface area contributed by atoms with Gasteiger partial charge in [0.05, 0.1) is 24.1 Å². The molecule has 7 nitrogen and oxygen atoms in total. The molecule has 1 aromatic heterocycles. The minimum absolute atomic E-state index is 0.114. The summed E-state index contributed by atoms with van der Waals surface area (Å²) in [5, 5.41) is 3.83. The molecule has 0 bridgehead atoms. The lowest BCUT2D eigenvalue weighted by molar-refractivity contribution is -0.144. The number of carbonyl (C=O) groups is 2. The molecule has 5 aromatic rings. The Kier molecular flexibility index (Phi) is 9.08. The van der Waals surface area contributed by atoms with Crippen LogP contribution in [0.5, 0.6) is 0 Å². The summed E-state index contributed by atoms with van der Waals surface area (Å²) in [5.74, 6) is 6.26. The number of rotatable bonds is 9. The van der Waals surface area contributed by atoms with Crippen LogP contribution in [0.2, 0.25) is 0 Å². The van der Waals surface area contributed by atoms with E-state index in [-0.39, 0.29) is 24.5 Å². The topological polar surface area (TPSA) is 90.3 Å². The lowest BCUT2D eigenvalue weighted by Gasteiger charge is -2.20. The first kappa shape index (κ1) is 29.0. The van der Waals surface area contributed by atoms with Gasteiger partial charge in [0, 0.05) is 28.8 Å². The number of ketones is 1. The summed E-state index contributed by atoms with van der Waals surface area (Å²) in [4.78, 5) is 43.6. The Morgan fingerprint density at radius 2 is 1.60 bits per heavy atom.